The van der Waals surface area contributed by atoms with Crippen molar-refractivity contribution in [3.63, 3.8) is 0 Å². The van der Waals surface area contributed by atoms with Gasteiger partial charge in [0, 0.05) is 17.8 Å². The van der Waals surface area contributed by atoms with Gasteiger partial charge in [0.1, 0.15) is 18.7 Å². The molecule has 112 valence electrons. The molecule has 1 heterocycles. The van der Waals surface area contributed by atoms with Gasteiger partial charge in [-0.15, -0.1) is 0 Å². The molecule has 0 fully saturated rings. The number of aliphatic hydroxyl groups excluding tert-OH is 1. The van der Waals surface area contributed by atoms with Crippen LogP contribution in [0.2, 0.25) is 0 Å². The lowest BCUT2D eigenvalue weighted by Gasteiger charge is -2.26. The Morgan fingerprint density at radius 2 is 1.90 bits per heavy atom. The van der Waals surface area contributed by atoms with E-state index in [4.69, 9.17) is 5.11 Å². The first-order valence-electron chi connectivity index (χ1n) is 6.76. The molecule has 1 aromatic heterocycles. The summed E-state index contributed by atoms with van der Waals surface area (Å²) in [6, 6.07) is 0. The highest BCUT2D eigenvalue weighted by molar-refractivity contribution is 5.49. The lowest BCUT2D eigenvalue weighted by Crippen LogP contribution is -2.37. The summed E-state index contributed by atoms with van der Waals surface area (Å²) < 4.78 is 38.0. The number of fused-ring (bicyclic) bond motifs is 1. The summed E-state index contributed by atoms with van der Waals surface area (Å²) in [6.07, 6.45) is 1.47. The fourth-order valence-corrected chi connectivity index (χ4v) is 2.55. The maximum atomic E-state index is 12.7. The molecule has 0 unspecified atom stereocenters. The molecule has 0 bridgehead atoms. The number of hydrogen-bond acceptors (Lipinski definition) is 4. The van der Waals surface area contributed by atoms with E-state index in [0.29, 0.717) is 12.2 Å². The van der Waals surface area contributed by atoms with Gasteiger partial charge in [-0.05, 0) is 25.7 Å². The second kappa shape index (κ2) is 6.39. The van der Waals surface area contributed by atoms with Gasteiger partial charge in [-0.1, -0.05) is 6.42 Å². The van der Waals surface area contributed by atoms with Gasteiger partial charge in [-0.25, -0.2) is 9.97 Å². The molecular weight excluding hydrogens is 271 g/mol. The van der Waals surface area contributed by atoms with Crippen LogP contribution in [0.3, 0.4) is 0 Å². The maximum absolute atomic E-state index is 12.7. The summed E-state index contributed by atoms with van der Waals surface area (Å²) in [7, 11) is 0. The number of aliphatic hydroxyl groups is 1. The number of halogens is 3. The van der Waals surface area contributed by atoms with Gasteiger partial charge in [0.15, 0.2) is 0 Å². The fraction of sp³-hybridized carbons (Fsp3) is 0.692. The minimum Gasteiger partial charge on any atom is -0.395 e. The number of rotatable bonds is 4. The first kappa shape index (κ1) is 15.0. The van der Waals surface area contributed by atoms with Gasteiger partial charge >= 0.3 is 6.18 Å². The molecule has 0 saturated heterocycles. The Morgan fingerprint density at radius 3 is 2.60 bits per heavy atom. The average molecular weight is 289 g/mol. The zero-order valence-corrected chi connectivity index (χ0v) is 11.2. The highest BCUT2D eigenvalue weighted by Gasteiger charge is 2.32. The second-order valence-corrected chi connectivity index (χ2v) is 4.94. The fourth-order valence-electron chi connectivity index (χ4n) is 2.55. The van der Waals surface area contributed by atoms with Gasteiger partial charge in [0.05, 0.1) is 6.61 Å². The minimum absolute atomic E-state index is 0.0804. The molecule has 4 nitrogen and oxygen atoms in total. The van der Waals surface area contributed by atoms with E-state index in [0.717, 1.165) is 41.8 Å². The van der Waals surface area contributed by atoms with E-state index in [9.17, 15) is 13.2 Å². The summed E-state index contributed by atoms with van der Waals surface area (Å²) >= 11 is 0. The van der Waals surface area contributed by atoms with Gasteiger partial charge in [0.25, 0.3) is 0 Å². The van der Waals surface area contributed by atoms with Crippen LogP contribution >= 0.6 is 0 Å². The van der Waals surface area contributed by atoms with Crippen LogP contribution in [-0.4, -0.2) is 40.9 Å². The standard InChI is InChI=1S/C13H18F3N3O/c14-13(15,16)8-19(6-7-20)12-10-4-2-1-3-5-11(10)17-9-18-12/h9,20H,1-8H2. The Balaban J connectivity index is 2.32. The molecule has 1 N–H and O–H groups in total. The predicted molar refractivity (Wildman–Crippen MR) is 68.6 cm³/mol. The van der Waals surface area contributed by atoms with Crippen molar-refractivity contribution < 1.29 is 18.3 Å². The quantitative estimate of drug-likeness (QED) is 0.863. The van der Waals surface area contributed by atoms with Crippen LogP contribution in [0.1, 0.15) is 30.5 Å². The molecule has 0 amide bonds. The number of hydrogen-bond donors (Lipinski definition) is 1. The monoisotopic (exact) mass is 289 g/mol. The van der Waals surface area contributed by atoms with E-state index in [-0.39, 0.29) is 13.2 Å². The highest BCUT2D eigenvalue weighted by atomic mass is 19.4. The van der Waals surface area contributed by atoms with E-state index >= 15 is 0 Å². The van der Waals surface area contributed by atoms with Crippen LogP contribution in [-0.2, 0) is 12.8 Å². The van der Waals surface area contributed by atoms with E-state index in [1.165, 1.54) is 6.33 Å². The van der Waals surface area contributed by atoms with Gasteiger partial charge < -0.3 is 10.0 Å². The third-order valence-electron chi connectivity index (χ3n) is 3.39. The Bertz CT molecular complexity index is 451. The van der Waals surface area contributed by atoms with E-state index in [1.54, 1.807) is 0 Å². The molecular formula is C13H18F3N3O. The Labute approximate surface area is 115 Å². The summed E-state index contributed by atoms with van der Waals surface area (Å²) in [6.45, 7) is -1.52. The molecule has 0 atom stereocenters. The smallest absolute Gasteiger partial charge is 0.395 e. The second-order valence-electron chi connectivity index (χ2n) is 4.94. The van der Waals surface area contributed by atoms with E-state index in [2.05, 4.69) is 9.97 Å². The van der Waals surface area contributed by atoms with Gasteiger partial charge in [-0.2, -0.15) is 13.2 Å². The summed E-state index contributed by atoms with van der Waals surface area (Å²) in [4.78, 5) is 9.34. The molecule has 0 aromatic carbocycles. The lowest BCUT2D eigenvalue weighted by atomic mass is 10.1. The molecule has 1 aliphatic carbocycles. The van der Waals surface area contributed by atoms with Crippen LogP contribution in [0.4, 0.5) is 19.0 Å². The summed E-state index contributed by atoms with van der Waals surface area (Å²) in [5.41, 5.74) is 1.65. The maximum Gasteiger partial charge on any atom is 0.405 e. The number of anilines is 1. The zero-order chi connectivity index (χ0) is 14.6. The summed E-state index contributed by atoms with van der Waals surface area (Å²) in [5.74, 6) is 0.322. The third-order valence-corrected chi connectivity index (χ3v) is 3.39. The van der Waals surface area contributed by atoms with Gasteiger partial charge in [0.2, 0.25) is 0 Å². The molecule has 1 aromatic rings. The molecule has 2 rings (SSSR count). The van der Waals surface area contributed by atoms with Crippen molar-refractivity contribution in [3.05, 3.63) is 17.6 Å². The van der Waals surface area contributed by atoms with Crippen molar-refractivity contribution >= 4 is 5.82 Å². The molecule has 0 saturated carbocycles. The molecule has 0 radical (unpaired) electrons. The Morgan fingerprint density at radius 1 is 1.15 bits per heavy atom. The highest BCUT2D eigenvalue weighted by Crippen LogP contribution is 2.28. The molecule has 20 heavy (non-hydrogen) atoms. The number of nitrogens with zero attached hydrogens (tertiary/aromatic N) is 3. The van der Waals surface area contributed by atoms with E-state index in [1.807, 2.05) is 0 Å². The van der Waals surface area contributed by atoms with Crippen LogP contribution in [0.25, 0.3) is 0 Å². The van der Waals surface area contributed by atoms with Crippen LogP contribution < -0.4 is 4.90 Å². The largest absolute Gasteiger partial charge is 0.405 e. The van der Waals surface area contributed by atoms with Crippen molar-refractivity contribution in [2.45, 2.75) is 38.3 Å². The number of aryl methyl sites for hydroxylation is 1. The van der Waals surface area contributed by atoms with Crippen LogP contribution in [0, 0.1) is 0 Å². The SMILES string of the molecule is OCCN(CC(F)(F)F)c1ncnc2c1CCCCC2. The number of alkyl halides is 3. The summed E-state index contributed by atoms with van der Waals surface area (Å²) in [5, 5.41) is 9.00. The van der Waals surface area contributed by atoms with Crippen molar-refractivity contribution in [2.24, 2.45) is 0 Å². The lowest BCUT2D eigenvalue weighted by molar-refractivity contribution is -0.120. The Hall–Kier alpha value is -1.37. The van der Waals surface area contributed by atoms with Crippen LogP contribution in [0.5, 0.6) is 0 Å². The number of aromatic nitrogens is 2. The first-order valence-corrected chi connectivity index (χ1v) is 6.76. The van der Waals surface area contributed by atoms with Crippen molar-refractivity contribution in [3.8, 4) is 0 Å². The third kappa shape index (κ3) is 3.82. The first-order chi connectivity index (χ1) is 9.51. The van der Waals surface area contributed by atoms with Gasteiger partial charge in [-0.3, -0.25) is 0 Å². The topological polar surface area (TPSA) is 49.2 Å². The molecule has 0 spiro atoms. The molecule has 0 aliphatic heterocycles. The van der Waals surface area contributed by atoms with Crippen molar-refractivity contribution in [1.29, 1.82) is 0 Å². The predicted octanol–water partition coefficient (Wildman–Crippen LogP) is 2.11. The normalized spacial score (nSPS) is 15.6. The van der Waals surface area contributed by atoms with Crippen molar-refractivity contribution in [1.82, 2.24) is 9.97 Å². The van der Waals surface area contributed by atoms with E-state index < -0.39 is 12.7 Å². The molecule has 7 heteroatoms. The Kier molecular flexibility index (Phi) is 4.80. The molecule has 1 aliphatic rings. The average Bonchev–Trinajstić information content (AvgIpc) is 2.61. The van der Waals surface area contributed by atoms with Crippen molar-refractivity contribution in [2.75, 3.05) is 24.6 Å². The minimum atomic E-state index is -4.32. The van der Waals surface area contributed by atoms with Crippen LogP contribution in [0.15, 0.2) is 6.33 Å². The zero-order valence-electron chi connectivity index (χ0n) is 11.2.